The van der Waals surface area contributed by atoms with Crippen LogP contribution in [0, 0.1) is 6.92 Å². The first-order valence-corrected chi connectivity index (χ1v) is 4.61. The molecule has 1 aromatic heterocycles. The van der Waals surface area contributed by atoms with E-state index in [1.807, 2.05) is 31.2 Å². The molecule has 0 aromatic carbocycles. The Kier molecular flexibility index (Phi) is 2.08. The Labute approximate surface area is 82.4 Å². The summed E-state index contributed by atoms with van der Waals surface area (Å²) in [5, 5.41) is 0. The molecule has 0 saturated carbocycles. The zero-order valence-corrected chi connectivity index (χ0v) is 8.32. The van der Waals surface area contributed by atoms with Crippen molar-refractivity contribution in [3.05, 3.63) is 39.6 Å². The van der Waals surface area contributed by atoms with Gasteiger partial charge in [-0.25, -0.2) is 4.98 Å². The summed E-state index contributed by atoms with van der Waals surface area (Å²) < 4.78 is 1.57. The van der Waals surface area contributed by atoms with Crippen LogP contribution in [0.2, 0.25) is 0 Å². The average molecular weight is 188 g/mol. The summed E-state index contributed by atoms with van der Waals surface area (Å²) in [5.74, 6) is 0.744. The van der Waals surface area contributed by atoms with Gasteiger partial charge >= 0.3 is 0 Å². The van der Waals surface area contributed by atoms with Crippen molar-refractivity contribution in [2.24, 2.45) is 7.05 Å². The van der Waals surface area contributed by atoms with E-state index in [0.717, 1.165) is 17.9 Å². The van der Waals surface area contributed by atoms with Crippen LogP contribution in [0.5, 0.6) is 0 Å². The second kappa shape index (κ2) is 3.25. The SMILES string of the molecule is Cc1nc2c(c(=O)n1C)C=CCC=C2. The summed E-state index contributed by atoms with van der Waals surface area (Å²) in [4.78, 5) is 16.2. The van der Waals surface area contributed by atoms with Gasteiger partial charge in [-0.3, -0.25) is 9.36 Å². The lowest BCUT2D eigenvalue weighted by molar-refractivity contribution is 0.769. The lowest BCUT2D eigenvalue weighted by Crippen LogP contribution is -2.24. The van der Waals surface area contributed by atoms with Gasteiger partial charge in [0.25, 0.3) is 5.56 Å². The molecule has 1 aromatic rings. The van der Waals surface area contributed by atoms with Crippen molar-refractivity contribution in [1.29, 1.82) is 0 Å². The minimum atomic E-state index is 0.0234. The zero-order chi connectivity index (χ0) is 10.1. The van der Waals surface area contributed by atoms with Crippen LogP contribution in [0.15, 0.2) is 16.9 Å². The molecule has 0 bridgehead atoms. The first-order valence-electron chi connectivity index (χ1n) is 4.61. The highest BCUT2D eigenvalue weighted by atomic mass is 16.1. The molecule has 3 nitrogen and oxygen atoms in total. The molecule has 0 unspecified atom stereocenters. The number of allylic oxidation sites excluding steroid dienone is 2. The molecule has 0 spiro atoms. The van der Waals surface area contributed by atoms with Crippen molar-refractivity contribution in [3.63, 3.8) is 0 Å². The molecule has 0 fully saturated rings. The van der Waals surface area contributed by atoms with Gasteiger partial charge in [0.2, 0.25) is 0 Å². The fourth-order valence-corrected chi connectivity index (χ4v) is 1.47. The Morgan fingerprint density at radius 2 is 2.07 bits per heavy atom. The third-order valence-corrected chi connectivity index (χ3v) is 2.41. The van der Waals surface area contributed by atoms with E-state index < -0.39 is 0 Å². The normalized spacial score (nSPS) is 13.9. The van der Waals surface area contributed by atoms with Gasteiger partial charge in [-0.05, 0) is 19.4 Å². The van der Waals surface area contributed by atoms with Crippen LogP contribution in [0.25, 0.3) is 12.2 Å². The van der Waals surface area contributed by atoms with Gasteiger partial charge in [-0.15, -0.1) is 0 Å². The molecule has 3 heteroatoms. The molecule has 0 saturated heterocycles. The van der Waals surface area contributed by atoms with Gasteiger partial charge in [-0.2, -0.15) is 0 Å². The monoisotopic (exact) mass is 188 g/mol. The summed E-state index contributed by atoms with van der Waals surface area (Å²) >= 11 is 0. The van der Waals surface area contributed by atoms with Crippen molar-refractivity contribution >= 4 is 12.2 Å². The Morgan fingerprint density at radius 1 is 1.36 bits per heavy atom. The average Bonchev–Trinajstić information content (AvgIpc) is 2.39. The molecule has 0 amide bonds. The standard InChI is InChI=1S/C11H12N2O/c1-8-12-10-7-5-3-4-6-9(10)11(14)13(8)2/h4-7H,3H2,1-2H3. The third kappa shape index (κ3) is 1.31. The van der Waals surface area contributed by atoms with Crippen LogP contribution < -0.4 is 5.56 Å². The first kappa shape index (κ1) is 8.94. The number of nitrogens with zero attached hydrogens (tertiary/aromatic N) is 2. The number of aryl methyl sites for hydroxylation is 1. The van der Waals surface area contributed by atoms with Crippen molar-refractivity contribution < 1.29 is 0 Å². The Hall–Kier alpha value is -1.64. The number of aromatic nitrogens is 2. The maximum absolute atomic E-state index is 11.8. The fraction of sp³-hybridized carbons (Fsp3) is 0.273. The van der Waals surface area contributed by atoms with E-state index in [-0.39, 0.29) is 5.56 Å². The van der Waals surface area contributed by atoms with E-state index in [0.29, 0.717) is 5.56 Å². The molecule has 0 N–H and O–H groups in total. The van der Waals surface area contributed by atoms with Gasteiger partial charge in [-0.1, -0.05) is 18.2 Å². The smallest absolute Gasteiger partial charge is 0.261 e. The molecule has 14 heavy (non-hydrogen) atoms. The minimum absolute atomic E-state index is 0.0234. The van der Waals surface area contributed by atoms with E-state index >= 15 is 0 Å². The van der Waals surface area contributed by atoms with Crippen molar-refractivity contribution in [2.75, 3.05) is 0 Å². The molecular weight excluding hydrogens is 176 g/mol. The van der Waals surface area contributed by atoms with Gasteiger partial charge in [0.05, 0.1) is 11.3 Å². The Balaban J connectivity index is 2.80. The predicted molar refractivity (Wildman–Crippen MR) is 56.9 cm³/mol. The van der Waals surface area contributed by atoms with Crippen LogP contribution in [0.4, 0.5) is 0 Å². The van der Waals surface area contributed by atoms with E-state index in [1.54, 1.807) is 11.6 Å². The predicted octanol–water partition coefficient (Wildman–Crippen LogP) is 1.52. The van der Waals surface area contributed by atoms with Crippen molar-refractivity contribution in [2.45, 2.75) is 13.3 Å². The summed E-state index contributed by atoms with van der Waals surface area (Å²) in [6, 6.07) is 0. The summed E-state index contributed by atoms with van der Waals surface area (Å²) in [7, 11) is 1.74. The molecule has 0 radical (unpaired) electrons. The molecule has 0 atom stereocenters. The Bertz CT molecular complexity index is 481. The second-order valence-corrected chi connectivity index (χ2v) is 3.36. The molecule has 0 aliphatic heterocycles. The maximum atomic E-state index is 11.8. The highest BCUT2D eigenvalue weighted by Crippen LogP contribution is 2.11. The fourth-order valence-electron chi connectivity index (χ4n) is 1.47. The minimum Gasteiger partial charge on any atom is -0.299 e. The van der Waals surface area contributed by atoms with Gasteiger partial charge < -0.3 is 0 Å². The zero-order valence-electron chi connectivity index (χ0n) is 8.32. The van der Waals surface area contributed by atoms with Gasteiger partial charge in [0.1, 0.15) is 5.82 Å². The number of fused-ring (bicyclic) bond motifs is 1. The second-order valence-electron chi connectivity index (χ2n) is 3.36. The van der Waals surface area contributed by atoms with Crippen LogP contribution in [-0.4, -0.2) is 9.55 Å². The summed E-state index contributed by atoms with van der Waals surface area (Å²) in [6.07, 6.45) is 8.60. The summed E-state index contributed by atoms with van der Waals surface area (Å²) in [5.41, 5.74) is 1.49. The van der Waals surface area contributed by atoms with E-state index in [2.05, 4.69) is 4.98 Å². The maximum Gasteiger partial charge on any atom is 0.261 e. The highest BCUT2D eigenvalue weighted by molar-refractivity contribution is 5.63. The van der Waals surface area contributed by atoms with Gasteiger partial charge in [0, 0.05) is 7.05 Å². The quantitative estimate of drug-likeness (QED) is 0.618. The number of hydrogen-bond acceptors (Lipinski definition) is 2. The van der Waals surface area contributed by atoms with E-state index in [4.69, 9.17) is 0 Å². The Morgan fingerprint density at radius 3 is 2.86 bits per heavy atom. The van der Waals surface area contributed by atoms with E-state index in [1.165, 1.54) is 0 Å². The lowest BCUT2D eigenvalue weighted by Gasteiger charge is -2.06. The third-order valence-electron chi connectivity index (χ3n) is 2.41. The van der Waals surface area contributed by atoms with Crippen LogP contribution >= 0.6 is 0 Å². The van der Waals surface area contributed by atoms with Crippen molar-refractivity contribution in [3.8, 4) is 0 Å². The lowest BCUT2D eigenvalue weighted by atomic mass is 10.2. The van der Waals surface area contributed by atoms with Gasteiger partial charge in [0.15, 0.2) is 0 Å². The number of rotatable bonds is 0. The largest absolute Gasteiger partial charge is 0.299 e. The molecule has 1 aliphatic rings. The molecule has 1 heterocycles. The molecular formula is C11H12N2O. The van der Waals surface area contributed by atoms with Crippen LogP contribution in [0.3, 0.4) is 0 Å². The highest BCUT2D eigenvalue weighted by Gasteiger charge is 2.08. The summed E-state index contributed by atoms with van der Waals surface area (Å²) in [6.45, 7) is 1.84. The first-order chi connectivity index (χ1) is 6.70. The van der Waals surface area contributed by atoms with E-state index in [9.17, 15) is 4.79 Å². The van der Waals surface area contributed by atoms with Crippen LogP contribution in [0.1, 0.15) is 23.5 Å². The topological polar surface area (TPSA) is 34.9 Å². The number of hydrogen-bond donors (Lipinski definition) is 0. The van der Waals surface area contributed by atoms with Crippen molar-refractivity contribution in [1.82, 2.24) is 9.55 Å². The van der Waals surface area contributed by atoms with Crippen LogP contribution in [-0.2, 0) is 7.05 Å². The molecule has 72 valence electrons. The molecule has 1 aliphatic carbocycles. The molecule has 2 rings (SSSR count).